The standard InChI is InChI=1S/C40H41F4N3O5S/c1-24-12-16-31(23-33(24)40(42,43)44)46-38(48)32-10-6-20-47(39(49)36-25(2)7-5-11-34(36)41)37(32)27-15-19-35(53(50,51)52)28(22-27)21-26-13-17-30(18-14-26)45-29-8-3-4-9-29/h5,7,11-19,22-23,29,32,37,45H,3-4,6,8-10,20-21H2,1-2H3,(H,46,48)(H,50,51,52)/t32-,37-/m0/s1. The highest BCUT2D eigenvalue weighted by Crippen LogP contribution is 2.40. The first-order valence-corrected chi connectivity index (χ1v) is 19.0. The molecule has 280 valence electrons. The van der Waals surface area contributed by atoms with Crippen molar-refractivity contribution in [3.8, 4) is 0 Å². The van der Waals surface area contributed by atoms with Gasteiger partial charge in [-0.1, -0.05) is 55.3 Å². The second kappa shape index (κ2) is 15.3. The number of amides is 2. The van der Waals surface area contributed by atoms with Crippen LogP contribution >= 0.6 is 0 Å². The van der Waals surface area contributed by atoms with Crippen molar-refractivity contribution in [3.63, 3.8) is 0 Å². The number of hydrogen-bond donors (Lipinski definition) is 3. The van der Waals surface area contributed by atoms with Crippen LogP contribution in [0.5, 0.6) is 0 Å². The zero-order chi connectivity index (χ0) is 38.1. The minimum atomic E-state index is -4.71. The number of nitrogens with one attached hydrogen (secondary N) is 2. The van der Waals surface area contributed by atoms with Crippen molar-refractivity contribution in [2.45, 2.75) is 81.9 Å². The van der Waals surface area contributed by atoms with Crippen LogP contribution in [0.3, 0.4) is 0 Å². The molecule has 2 amide bonds. The Morgan fingerprint density at radius 2 is 1.57 bits per heavy atom. The van der Waals surface area contributed by atoms with E-state index in [1.807, 2.05) is 24.3 Å². The van der Waals surface area contributed by atoms with Gasteiger partial charge in [0.1, 0.15) is 5.82 Å². The van der Waals surface area contributed by atoms with Crippen LogP contribution in [-0.2, 0) is 27.5 Å². The van der Waals surface area contributed by atoms with Gasteiger partial charge in [-0.3, -0.25) is 14.1 Å². The van der Waals surface area contributed by atoms with E-state index in [9.17, 15) is 35.7 Å². The largest absolute Gasteiger partial charge is 0.416 e. The van der Waals surface area contributed by atoms with E-state index in [1.54, 1.807) is 13.0 Å². The Balaban J connectivity index is 1.39. The number of carbonyl (C=O) groups is 2. The summed E-state index contributed by atoms with van der Waals surface area (Å²) in [6.07, 6.45) is 0.469. The van der Waals surface area contributed by atoms with Gasteiger partial charge < -0.3 is 15.5 Å². The maximum absolute atomic E-state index is 15.2. The molecule has 1 saturated heterocycles. The summed E-state index contributed by atoms with van der Waals surface area (Å²) in [5, 5.41) is 6.11. The van der Waals surface area contributed by atoms with E-state index >= 15 is 4.39 Å². The predicted molar refractivity (Wildman–Crippen MR) is 194 cm³/mol. The van der Waals surface area contributed by atoms with Crippen molar-refractivity contribution in [2.75, 3.05) is 17.2 Å². The van der Waals surface area contributed by atoms with E-state index in [1.165, 1.54) is 61.1 Å². The van der Waals surface area contributed by atoms with Gasteiger partial charge in [-0.25, -0.2) is 4.39 Å². The first-order chi connectivity index (χ1) is 25.1. The Hall–Kier alpha value is -4.75. The molecule has 2 atom stereocenters. The number of carbonyl (C=O) groups excluding carboxylic acids is 2. The van der Waals surface area contributed by atoms with Gasteiger partial charge in [-0.15, -0.1) is 0 Å². The molecule has 2 aliphatic rings. The normalized spacial score (nSPS) is 18.2. The van der Waals surface area contributed by atoms with Crippen LogP contribution in [0.25, 0.3) is 0 Å². The third kappa shape index (κ3) is 8.57. The average Bonchev–Trinajstić information content (AvgIpc) is 3.61. The van der Waals surface area contributed by atoms with E-state index in [0.717, 1.165) is 36.2 Å². The van der Waals surface area contributed by atoms with Crippen LogP contribution in [0.4, 0.5) is 28.9 Å². The maximum atomic E-state index is 15.2. The van der Waals surface area contributed by atoms with Gasteiger partial charge in [0.2, 0.25) is 5.91 Å². The Morgan fingerprint density at radius 3 is 2.23 bits per heavy atom. The lowest BCUT2D eigenvalue weighted by atomic mass is 9.82. The summed E-state index contributed by atoms with van der Waals surface area (Å²) < 4.78 is 91.8. The fraction of sp³-hybridized carbons (Fsp3) is 0.350. The first kappa shape index (κ1) is 38.0. The molecule has 6 rings (SSSR count). The van der Waals surface area contributed by atoms with Gasteiger partial charge in [0, 0.05) is 24.0 Å². The second-order valence-electron chi connectivity index (χ2n) is 14.0. The molecule has 13 heteroatoms. The fourth-order valence-corrected chi connectivity index (χ4v) is 8.32. The number of piperidine rings is 1. The molecule has 2 fully saturated rings. The van der Waals surface area contributed by atoms with Crippen LogP contribution < -0.4 is 10.6 Å². The van der Waals surface area contributed by atoms with Crippen molar-refractivity contribution < 1.29 is 40.1 Å². The van der Waals surface area contributed by atoms with E-state index < -0.39 is 51.4 Å². The predicted octanol–water partition coefficient (Wildman–Crippen LogP) is 8.89. The van der Waals surface area contributed by atoms with Gasteiger partial charge in [-0.2, -0.15) is 21.6 Å². The third-order valence-corrected chi connectivity index (χ3v) is 11.2. The number of rotatable bonds is 9. The minimum Gasteiger partial charge on any atom is -0.382 e. The number of halogens is 4. The van der Waals surface area contributed by atoms with E-state index in [0.29, 0.717) is 23.6 Å². The van der Waals surface area contributed by atoms with Gasteiger partial charge >= 0.3 is 6.18 Å². The molecule has 8 nitrogen and oxygen atoms in total. The summed E-state index contributed by atoms with van der Waals surface area (Å²) in [7, 11) is -4.71. The molecule has 0 aromatic heterocycles. The number of alkyl halides is 3. The summed E-state index contributed by atoms with van der Waals surface area (Å²) in [5.41, 5.74) is 1.37. The van der Waals surface area contributed by atoms with Crippen LogP contribution in [-0.4, -0.2) is 42.3 Å². The molecule has 4 aromatic carbocycles. The van der Waals surface area contributed by atoms with Crippen LogP contribution in [0, 0.1) is 25.6 Å². The second-order valence-corrected chi connectivity index (χ2v) is 15.4. The smallest absolute Gasteiger partial charge is 0.382 e. The zero-order valence-corrected chi connectivity index (χ0v) is 30.2. The molecule has 1 heterocycles. The van der Waals surface area contributed by atoms with Crippen molar-refractivity contribution in [1.29, 1.82) is 0 Å². The lowest BCUT2D eigenvalue weighted by Gasteiger charge is -2.41. The van der Waals surface area contributed by atoms with Gasteiger partial charge in [0.05, 0.1) is 28.0 Å². The molecule has 0 bridgehead atoms. The van der Waals surface area contributed by atoms with Crippen molar-refractivity contribution in [2.24, 2.45) is 5.92 Å². The van der Waals surface area contributed by atoms with Crippen molar-refractivity contribution >= 4 is 33.3 Å². The summed E-state index contributed by atoms with van der Waals surface area (Å²) in [4.78, 5) is 29.2. The Bertz CT molecular complexity index is 2100. The van der Waals surface area contributed by atoms with E-state index in [-0.39, 0.29) is 46.7 Å². The third-order valence-electron chi connectivity index (χ3n) is 10.3. The molecule has 0 spiro atoms. The highest BCUT2D eigenvalue weighted by atomic mass is 32.2. The van der Waals surface area contributed by atoms with Gasteiger partial charge in [0.25, 0.3) is 16.0 Å². The SMILES string of the molecule is Cc1ccc(NC(=O)[C@H]2CCCN(C(=O)c3c(C)cccc3F)[C@H]2c2ccc(S(=O)(=O)O)c(Cc3ccc(NC4CCCC4)cc3)c2)cc1C(F)(F)F. The Kier molecular flexibility index (Phi) is 11.0. The van der Waals surface area contributed by atoms with Crippen molar-refractivity contribution in [3.05, 3.63) is 124 Å². The lowest BCUT2D eigenvalue weighted by Crippen LogP contribution is -2.47. The average molecular weight is 752 g/mol. The summed E-state index contributed by atoms with van der Waals surface area (Å²) in [6, 6.07) is 18.6. The molecule has 4 aromatic rings. The number of hydrogen-bond acceptors (Lipinski definition) is 5. The lowest BCUT2D eigenvalue weighted by molar-refractivity contribution is -0.138. The molecular weight excluding hydrogens is 711 g/mol. The molecule has 0 unspecified atom stereocenters. The quantitative estimate of drug-likeness (QED) is 0.116. The number of nitrogens with zero attached hydrogens (tertiary/aromatic N) is 1. The number of anilines is 2. The van der Waals surface area contributed by atoms with Crippen LogP contribution in [0.2, 0.25) is 0 Å². The molecule has 1 aliphatic carbocycles. The maximum Gasteiger partial charge on any atom is 0.416 e. The summed E-state index contributed by atoms with van der Waals surface area (Å²) in [6.45, 7) is 3.02. The van der Waals surface area contributed by atoms with Gasteiger partial charge in [-0.05, 0) is 110 Å². The molecule has 53 heavy (non-hydrogen) atoms. The first-order valence-electron chi connectivity index (χ1n) is 17.6. The monoisotopic (exact) mass is 751 g/mol. The topological polar surface area (TPSA) is 116 Å². The minimum absolute atomic E-state index is 0.0192. The Labute approximate surface area is 306 Å². The summed E-state index contributed by atoms with van der Waals surface area (Å²) in [5.74, 6) is -3.14. The fourth-order valence-electron chi connectivity index (χ4n) is 7.61. The molecule has 3 N–H and O–H groups in total. The Morgan fingerprint density at radius 1 is 0.868 bits per heavy atom. The molecule has 0 radical (unpaired) electrons. The van der Waals surface area contributed by atoms with Crippen molar-refractivity contribution in [1.82, 2.24) is 4.90 Å². The highest BCUT2D eigenvalue weighted by Gasteiger charge is 2.41. The van der Waals surface area contributed by atoms with E-state index in [2.05, 4.69) is 10.6 Å². The highest BCUT2D eigenvalue weighted by molar-refractivity contribution is 7.85. The number of aryl methyl sites for hydroxylation is 2. The summed E-state index contributed by atoms with van der Waals surface area (Å²) >= 11 is 0. The molecular formula is C40H41F4N3O5S. The van der Waals surface area contributed by atoms with Crippen LogP contribution in [0.1, 0.15) is 88.3 Å². The zero-order valence-electron chi connectivity index (χ0n) is 29.3. The molecule has 1 saturated carbocycles. The number of benzene rings is 4. The van der Waals surface area contributed by atoms with Crippen LogP contribution in [0.15, 0.2) is 83.8 Å². The van der Waals surface area contributed by atoms with Gasteiger partial charge in [0.15, 0.2) is 0 Å². The number of likely N-dealkylation sites (tertiary alicyclic amines) is 1. The molecule has 1 aliphatic heterocycles. The van der Waals surface area contributed by atoms with E-state index in [4.69, 9.17) is 0 Å².